The van der Waals surface area contributed by atoms with Gasteiger partial charge < -0.3 is 14.4 Å². The topological polar surface area (TPSA) is 60.4 Å². The summed E-state index contributed by atoms with van der Waals surface area (Å²) in [6, 6.07) is 7.59. The van der Waals surface area contributed by atoms with Gasteiger partial charge in [-0.2, -0.15) is 15.0 Å². The van der Waals surface area contributed by atoms with E-state index in [0.717, 1.165) is 17.6 Å². The van der Waals surface area contributed by atoms with Gasteiger partial charge in [-0.3, -0.25) is 0 Å². The Bertz CT molecular complexity index is 637. The standard InChI is InChI=1S/C13H12BrClN4O2/c14-9-2-1-3-10(8-9)21-13-17-11(15)16-12(18-13)19-4-6-20-7-5-19/h1-3,8H,4-7H2. The Balaban J connectivity index is 1.83. The maximum absolute atomic E-state index is 5.96. The highest BCUT2D eigenvalue weighted by Crippen LogP contribution is 2.24. The van der Waals surface area contributed by atoms with Crippen molar-refractivity contribution in [2.75, 3.05) is 31.2 Å². The van der Waals surface area contributed by atoms with Crippen LogP contribution in [0.15, 0.2) is 28.7 Å². The fourth-order valence-corrected chi connectivity index (χ4v) is 2.43. The number of rotatable bonds is 3. The molecule has 0 unspecified atom stereocenters. The number of hydrogen-bond acceptors (Lipinski definition) is 6. The lowest BCUT2D eigenvalue weighted by atomic mass is 10.3. The second-order valence-electron chi connectivity index (χ2n) is 4.35. The highest BCUT2D eigenvalue weighted by molar-refractivity contribution is 9.10. The monoisotopic (exact) mass is 370 g/mol. The van der Waals surface area contributed by atoms with Crippen LogP contribution in [-0.2, 0) is 4.74 Å². The molecule has 21 heavy (non-hydrogen) atoms. The number of halogens is 2. The van der Waals surface area contributed by atoms with E-state index in [1.807, 2.05) is 29.2 Å². The molecule has 1 saturated heterocycles. The molecule has 1 aromatic heterocycles. The van der Waals surface area contributed by atoms with E-state index in [-0.39, 0.29) is 11.3 Å². The van der Waals surface area contributed by atoms with E-state index < -0.39 is 0 Å². The van der Waals surface area contributed by atoms with Gasteiger partial charge in [0.2, 0.25) is 11.2 Å². The molecule has 0 amide bonds. The van der Waals surface area contributed by atoms with Crippen molar-refractivity contribution in [1.82, 2.24) is 15.0 Å². The normalized spacial score (nSPS) is 15.0. The average Bonchev–Trinajstić information content (AvgIpc) is 2.47. The molecule has 0 spiro atoms. The minimum atomic E-state index is 0.108. The highest BCUT2D eigenvalue weighted by Gasteiger charge is 2.16. The molecule has 0 aliphatic carbocycles. The predicted octanol–water partition coefficient (Wildman–Crippen LogP) is 2.92. The molecule has 2 heterocycles. The highest BCUT2D eigenvalue weighted by atomic mass is 79.9. The van der Waals surface area contributed by atoms with Crippen LogP contribution in [0.2, 0.25) is 5.28 Å². The maximum atomic E-state index is 5.96. The third kappa shape index (κ3) is 3.81. The molecule has 1 aliphatic heterocycles. The Morgan fingerprint density at radius 3 is 2.76 bits per heavy atom. The van der Waals surface area contributed by atoms with Crippen molar-refractivity contribution >= 4 is 33.5 Å². The summed E-state index contributed by atoms with van der Waals surface area (Å²) >= 11 is 9.34. The fraction of sp³-hybridized carbons (Fsp3) is 0.308. The minimum Gasteiger partial charge on any atom is -0.424 e. The maximum Gasteiger partial charge on any atom is 0.328 e. The van der Waals surface area contributed by atoms with Crippen molar-refractivity contribution in [3.8, 4) is 11.8 Å². The lowest BCUT2D eigenvalue weighted by Crippen LogP contribution is -2.37. The third-order valence-electron chi connectivity index (χ3n) is 2.87. The minimum absolute atomic E-state index is 0.108. The summed E-state index contributed by atoms with van der Waals surface area (Å²) in [6.07, 6.45) is 0. The predicted molar refractivity (Wildman–Crippen MR) is 82.1 cm³/mol. The number of aromatic nitrogens is 3. The molecule has 0 atom stereocenters. The molecule has 0 N–H and O–H groups in total. The Morgan fingerprint density at radius 1 is 1.19 bits per heavy atom. The Hall–Kier alpha value is -1.44. The zero-order valence-electron chi connectivity index (χ0n) is 11.0. The van der Waals surface area contributed by atoms with E-state index in [9.17, 15) is 0 Å². The van der Waals surface area contributed by atoms with Crippen molar-refractivity contribution in [3.63, 3.8) is 0 Å². The van der Waals surface area contributed by atoms with Crippen molar-refractivity contribution in [1.29, 1.82) is 0 Å². The van der Waals surface area contributed by atoms with Gasteiger partial charge in [0.05, 0.1) is 13.2 Å². The average molecular weight is 372 g/mol. The van der Waals surface area contributed by atoms with E-state index in [4.69, 9.17) is 21.1 Å². The van der Waals surface area contributed by atoms with Gasteiger partial charge >= 0.3 is 6.01 Å². The molecule has 3 rings (SSSR count). The van der Waals surface area contributed by atoms with Gasteiger partial charge in [0.25, 0.3) is 0 Å². The van der Waals surface area contributed by atoms with E-state index in [0.29, 0.717) is 24.9 Å². The largest absolute Gasteiger partial charge is 0.424 e. The first-order chi connectivity index (χ1) is 10.2. The zero-order chi connectivity index (χ0) is 14.7. The molecule has 1 fully saturated rings. The van der Waals surface area contributed by atoms with Crippen LogP contribution in [0.25, 0.3) is 0 Å². The molecule has 6 nitrogen and oxygen atoms in total. The Labute approximate surface area is 135 Å². The summed E-state index contributed by atoms with van der Waals surface area (Å²) in [6.45, 7) is 2.73. The molecular weight excluding hydrogens is 360 g/mol. The summed E-state index contributed by atoms with van der Waals surface area (Å²) in [5.41, 5.74) is 0. The van der Waals surface area contributed by atoms with Crippen LogP contribution in [0.4, 0.5) is 5.95 Å². The van der Waals surface area contributed by atoms with Gasteiger partial charge in [0.15, 0.2) is 0 Å². The van der Waals surface area contributed by atoms with Crippen molar-refractivity contribution in [2.45, 2.75) is 0 Å². The second kappa shape index (κ2) is 6.55. The third-order valence-corrected chi connectivity index (χ3v) is 3.54. The zero-order valence-corrected chi connectivity index (χ0v) is 13.3. The number of anilines is 1. The smallest absolute Gasteiger partial charge is 0.328 e. The molecule has 8 heteroatoms. The number of benzene rings is 1. The molecular formula is C13H12BrClN4O2. The van der Waals surface area contributed by atoms with Gasteiger partial charge in [0.1, 0.15) is 5.75 Å². The molecule has 1 aromatic carbocycles. The van der Waals surface area contributed by atoms with Crippen LogP contribution in [0, 0.1) is 0 Å². The van der Waals surface area contributed by atoms with E-state index in [2.05, 4.69) is 30.9 Å². The number of hydrogen-bond donors (Lipinski definition) is 0. The summed E-state index contributed by atoms with van der Waals surface area (Å²) < 4.78 is 11.9. The molecule has 1 aliphatic rings. The Morgan fingerprint density at radius 2 is 2.00 bits per heavy atom. The molecule has 0 saturated carbocycles. The quantitative estimate of drug-likeness (QED) is 0.827. The lowest BCUT2D eigenvalue weighted by molar-refractivity contribution is 0.122. The van der Waals surface area contributed by atoms with Crippen LogP contribution in [0.5, 0.6) is 11.8 Å². The number of ether oxygens (including phenoxy) is 2. The van der Waals surface area contributed by atoms with Crippen LogP contribution < -0.4 is 9.64 Å². The van der Waals surface area contributed by atoms with Gasteiger partial charge in [-0.25, -0.2) is 0 Å². The lowest BCUT2D eigenvalue weighted by Gasteiger charge is -2.26. The second-order valence-corrected chi connectivity index (χ2v) is 5.60. The van der Waals surface area contributed by atoms with Crippen LogP contribution in [-0.4, -0.2) is 41.3 Å². The van der Waals surface area contributed by atoms with Gasteiger partial charge in [0, 0.05) is 17.6 Å². The van der Waals surface area contributed by atoms with Crippen LogP contribution in [0.3, 0.4) is 0 Å². The van der Waals surface area contributed by atoms with Crippen LogP contribution in [0.1, 0.15) is 0 Å². The first-order valence-corrected chi connectivity index (χ1v) is 7.55. The van der Waals surface area contributed by atoms with E-state index >= 15 is 0 Å². The van der Waals surface area contributed by atoms with Crippen LogP contribution >= 0.6 is 27.5 Å². The fourth-order valence-electron chi connectivity index (χ4n) is 1.91. The first-order valence-electron chi connectivity index (χ1n) is 6.38. The van der Waals surface area contributed by atoms with Gasteiger partial charge in [-0.05, 0) is 29.8 Å². The molecule has 0 radical (unpaired) electrons. The Kier molecular flexibility index (Phi) is 4.52. The molecule has 110 valence electrons. The van der Waals surface area contributed by atoms with E-state index in [1.54, 1.807) is 0 Å². The summed E-state index contributed by atoms with van der Waals surface area (Å²) in [5.74, 6) is 1.13. The SMILES string of the molecule is Clc1nc(Oc2cccc(Br)c2)nc(N2CCOCC2)n1. The van der Waals surface area contributed by atoms with Gasteiger partial charge in [-0.1, -0.05) is 22.0 Å². The number of nitrogens with zero attached hydrogens (tertiary/aromatic N) is 4. The van der Waals surface area contributed by atoms with Gasteiger partial charge in [-0.15, -0.1) is 0 Å². The van der Waals surface area contributed by atoms with Crippen molar-refractivity contribution in [3.05, 3.63) is 34.0 Å². The van der Waals surface area contributed by atoms with E-state index in [1.165, 1.54) is 0 Å². The summed E-state index contributed by atoms with van der Waals surface area (Å²) in [7, 11) is 0. The van der Waals surface area contributed by atoms with Crippen molar-refractivity contribution in [2.24, 2.45) is 0 Å². The van der Waals surface area contributed by atoms with Crippen molar-refractivity contribution < 1.29 is 9.47 Å². The first kappa shape index (κ1) is 14.5. The number of morpholine rings is 1. The molecule has 2 aromatic rings. The molecule has 0 bridgehead atoms. The summed E-state index contributed by atoms with van der Waals surface area (Å²) in [4.78, 5) is 14.4. The summed E-state index contributed by atoms with van der Waals surface area (Å²) in [5, 5.41) is 0.108.